The van der Waals surface area contributed by atoms with Crippen LogP contribution in [0.1, 0.15) is 23.0 Å². The van der Waals surface area contributed by atoms with E-state index in [0.717, 1.165) is 46.9 Å². The first kappa shape index (κ1) is 22.6. The summed E-state index contributed by atoms with van der Waals surface area (Å²) in [5.41, 5.74) is 5.45. The number of carbonyl (C=O) groups is 1. The predicted molar refractivity (Wildman–Crippen MR) is 139 cm³/mol. The highest BCUT2D eigenvalue weighted by molar-refractivity contribution is 7.99. The SMILES string of the molecule is CCSc1ccc(-c2ccccc2C(=O)Nc2ccc(NCCc3ccccn3)cc2)cc1. The molecule has 2 N–H and O–H groups in total. The number of thioether (sulfide) groups is 1. The second-order valence-corrected chi connectivity index (χ2v) is 8.87. The van der Waals surface area contributed by atoms with Crippen molar-refractivity contribution in [1.29, 1.82) is 0 Å². The van der Waals surface area contributed by atoms with Gasteiger partial charge in [0.1, 0.15) is 0 Å². The number of anilines is 2. The lowest BCUT2D eigenvalue weighted by Gasteiger charge is -2.12. The van der Waals surface area contributed by atoms with Crippen LogP contribution in [0.4, 0.5) is 11.4 Å². The predicted octanol–water partition coefficient (Wildman–Crippen LogP) is 6.77. The molecule has 3 aromatic carbocycles. The molecule has 0 spiro atoms. The third kappa shape index (κ3) is 6.24. The fraction of sp³-hybridized carbons (Fsp3) is 0.143. The van der Waals surface area contributed by atoms with E-state index in [9.17, 15) is 4.79 Å². The number of benzene rings is 3. The number of hydrogen-bond acceptors (Lipinski definition) is 4. The monoisotopic (exact) mass is 453 g/mol. The maximum Gasteiger partial charge on any atom is 0.256 e. The quantitative estimate of drug-likeness (QED) is 0.275. The zero-order valence-electron chi connectivity index (χ0n) is 18.6. The molecule has 0 saturated carbocycles. The molecular weight excluding hydrogens is 426 g/mol. The third-order valence-electron chi connectivity index (χ3n) is 5.23. The third-order valence-corrected chi connectivity index (χ3v) is 6.12. The van der Waals surface area contributed by atoms with E-state index < -0.39 is 0 Å². The van der Waals surface area contributed by atoms with Gasteiger partial charge in [0.05, 0.1) is 0 Å². The summed E-state index contributed by atoms with van der Waals surface area (Å²) in [6.45, 7) is 2.94. The average molecular weight is 454 g/mol. The molecule has 33 heavy (non-hydrogen) atoms. The lowest BCUT2D eigenvalue weighted by molar-refractivity contribution is 0.102. The summed E-state index contributed by atoms with van der Waals surface area (Å²) in [7, 11) is 0. The summed E-state index contributed by atoms with van der Waals surface area (Å²) in [6.07, 6.45) is 2.67. The van der Waals surface area contributed by atoms with Crippen molar-refractivity contribution < 1.29 is 4.79 Å². The normalized spacial score (nSPS) is 10.6. The molecular formula is C28H27N3OS. The number of nitrogens with one attached hydrogen (secondary N) is 2. The van der Waals surface area contributed by atoms with Gasteiger partial charge < -0.3 is 10.6 Å². The van der Waals surface area contributed by atoms with Gasteiger partial charge in [0.25, 0.3) is 5.91 Å². The van der Waals surface area contributed by atoms with Gasteiger partial charge in [-0.2, -0.15) is 0 Å². The molecule has 166 valence electrons. The molecule has 4 nitrogen and oxygen atoms in total. The Morgan fingerprint density at radius 3 is 2.30 bits per heavy atom. The molecule has 0 aliphatic heterocycles. The first-order chi connectivity index (χ1) is 16.2. The molecule has 5 heteroatoms. The van der Waals surface area contributed by atoms with E-state index in [4.69, 9.17) is 0 Å². The lowest BCUT2D eigenvalue weighted by Crippen LogP contribution is -2.13. The molecule has 0 aliphatic carbocycles. The topological polar surface area (TPSA) is 54.0 Å². The Bertz CT molecular complexity index is 1180. The van der Waals surface area contributed by atoms with Gasteiger partial charge in [0, 0.05) is 46.7 Å². The van der Waals surface area contributed by atoms with Gasteiger partial charge in [-0.1, -0.05) is 43.3 Å². The van der Waals surface area contributed by atoms with Crippen LogP contribution in [0.25, 0.3) is 11.1 Å². The zero-order chi connectivity index (χ0) is 22.9. The van der Waals surface area contributed by atoms with Gasteiger partial charge in [0.15, 0.2) is 0 Å². The average Bonchev–Trinajstić information content (AvgIpc) is 2.86. The molecule has 1 heterocycles. The molecule has 4 rings (SSSR count). The van der Waals surface area contributed by atoms with Crippen molar-refractivity contribution in [1.82, 2.24) is 4.98 Å². The molecule has 0 aliphatic rings. The Balaban J connectivity index is 1.39. The molecule has 4 aromatic rings. The number of pyridine rings is 1. The van der Waals surface area contributed by atoms with Gasteiger partial charge in [-0.3, -0.25) is 9.78 Å². The first-order valence-electron chi connectivity index (χ1n) is 11.1. The second kappa shape index (κ2) is 11.3. The Morgan fingerprint density at radius 1 is 0.848 bits per heavy atom. The van der Waals surface area contributed by atoms with Crippen molar-refractivity contribution in [3.63, 3.8) is 0 Å². The van der Waals surface area contributed by atoms with Gasteiger partial charge in [-0.15, -0.1) is 11.8 Å². The summed E-state index contributed by atoms with van der Waals surface area (Å²) in [5.74, 6) is 0.921. The highest BCUT2D eigenvalue weighted by Gasteiger charge is 2.13. The van der Waals surface area contributed by atoms with Gasteiger partial charge in [0.2, 0.25) is 0 Å². The largest absolute Gasteiger partial charge is 0.385 e. The first-order valence-corrected chi connectivity index (χ1v) is 12.1. The molecule has 0 fully saturated rings. The molecule has 0 atom stereocenters. The van der Waals surface area contributed by atoms with Crippen LogP contribution in [0.5, 0.6) is 0 Å². The molecule has 1 amide bonds. The van der Waals surface area contributed by atoms with Crippen molar-refractivity contribution in [2.45, 2.75) is 18.2 Å². The smallest absolute Gasteiger partial charge is 0.256 e. The van der Waals surface area contributed by atoms with Gasteiger partial charge >= 0.3 is 0 Å². The van der Waals surface area contributed by atoms with Crippen molar-refractivity contribution >= 4 is 29.0 Å². The minimum Gasteiger partial charge on any atom is -0.385 e. The van der Waals surface area contributed by atoms with Crippen molar-refractivity contribution in [2.24, 2.45) is 0 Å². The number of nitrogens with zero attached hydrogens (tertiary/aromatic N) is 1. The van der Waals surface area contributed by atoms with Crippen molar-refractivity contribution in [3.8, 4) is 11.1 Å². The maximum absolute atomic E-state index is 13.1. The summed E-state index contributed by atoms with van der Waals surface area (Å²) in [4.78, 5) is 18.6. The molecule has 0 saturated heterocycles. The van der Waals surface area contributed by atoms with Crippen LogP contribution < -0.4 is 10.6 Å². The van der Waals surface area contributed by atoms with Gasteiger partial charge in [-0.05, 0) is 71.5 Å². The molecule has 0 radical (unpaired) electrons. The fourth-order valence-electron chi connectivity index (χ4n) is 3.58. The Labute approximate surface area is 199 Å². The van der Waals surface area contributed by atoms with E-state index in [2.05, 4.69) is 46.8 Å². The standard InChI is InChI=1S/C28H27N3OS/c1-2-33-25-16-10-21(11-17-25)26-8-3-4-9-27(26)28(32)31-24-14-12-23(13-15-24)30-20-18-22-7-5-6-19-29-22/h3-17,19,30H,2,18,20H2,1H3,(H,31,32). The van der Waals surface area contributed by atoms with E-state index in [-0.39, 0.29) is 5.91 Å². The van der Waals surface area contributed by atoms with Gasteiger partial charge in [-0.25, -0.2) is 0 Å². The van der Waals surface area contributed by atoms with Crippen molar-refractivity contribution in [3.05, 3.63) is 108 Å². The molecule has 1 aromatic heterocycles. The van der Waals surface area contributed by atoms with E-state index in [1.165, 1.54) is 4.90 Å². The summed E-state index contributed by atoms with van der Waals surface area (Å²) >= 11 is 1.81. The second-order valence-electron chi connectivity index (χ2n) is 7.53. The Morgan fingerprint density at radius 2 is 1.58 bits per heavy atom. The van der Waals surface area contributed by atoms with Crippen molar-refractivity contribution in [2.75, 3.05) is 22.9 Å². The van der Waals surface area contributed by atoms with Crippen LogP contribution in [0.2, 0.25) is 0 Å². The lowest BCUT2D eigenvalue weighted by atomic mass is 9.99. The van der Waals surface area contributed by atoms with Crippen LogP contribution in [-0.4, -0.2) is 23.2 Å². The highest BCUT2D eigenvalue weighted by atomic mass is 32.2. The molecule has 0 bridgehead atoms. The number of carbonyl (C=O) groups excluding carboxylic acids is 1. The summed E-state index contributed by atoms with van der Waals surface area (Å²) in [6, 6.07) is 29.8. The number of amides is 1. The van der Waals surface area contributed by atoms with E-state index >= 15 is 0 Å². The van der Waals surface area contributed by atoms with E-state index in [1.54, 1.807) is 0 Å². The summed E-state index contributed by atoms with van der Waals surface area (Å²) < 4.78 is 0. The summed E-state index contributed by atoms with van der Waals surface area (Å²) in [5, 5.41) is 6.42. The van der Waals surface area contributed by atoms with E-state index in [1.807, 2.05) is 84.7 Å². The van der Waals surface area contributed by atoms with Crippen LogP contribution in [0.15, 0.2) is 102 Å². The Hall–Kier alpha value is -3.57. The minimum atomic E-state index is -0.117. The molecule has 0 unspecified atom stereocenters. The number of aromatic nitrogens is 1. The van der Waals surface area contributed by atoms with E-state index in [0.29, 0.717) is 5.56 Å². The zero-order valence-corrected chi connectivity index (χ0v) is 19.4. The minimum absolute atomic E-state index is 0.117. The maximum atomic E-state index is 13.1. The van der Waals surface area contributed by atoms with Crippen LogP contribution in [0.3, 0.4) is 0 Å². The number of rotatable bonds is 9. The fourth-order valence-corrected chi connectivity index (χ4v) is 4.24. The highest BCUT2D eigenvalue weighted by Crippen LogP contribution is 2.27. The van der Waals surface area contributed by atoms with Crippen LogP contribution in [-0.2, 0) is 6.42 Å². The number of hydrogen-bond donors (Lipinski definition) is 2. The van der Waals surface area contributed by atoms with Crippen LogP contribution >= 0.6 is 11.8 Å². The Kier molecular flexibility index (Phi) is 7.77. The van der Waals surface area contributed by atoms with Crippen LogP contribution in [0, 0.1) is 0 Å².